The number of aliphatic imine (C=N–C) groups is 2. The molecule has 0 saturated carbocycles. The van der Waals surface area contributed by atoms with Crippen molar-refractivity contribution in [3.05, 3.63) is 143 Å². The minimum absolute atomic E-state index is 0. The first-order valence-corrected chi connectivity index (χ1v) is 27.3. The van der Waals surface area contributed by atoms with Crippen molar-refractivity contribution in [1.82, 2.24) is 9.80 Å². The van der Waals surface area contributed by atoms with Gasteiger partial charge in [0.1, 0.15) is 11.5 Å². The van der Waals surface area contributed by atoms with Gasteiger partial charge in [-0.1, -0.05) is 0 Å². The summed E-state index contributed by atoms with van der Waals surface area (Å²) in [5.41, 5.74) is 1.06. The van der Waals surface area contributed by atoms with Crippen molar-refractivity contribution in [3.8, 4) is 23.0 Å². The number of nitrogens with zero attached hydrogens (tertiary/aromatic N) is 8. The number of hydrogen-bond donors (Lipinski definition) is 2. The van der Waals surface area contributed by atoms with Crippen LogP contribution in [-0.4, -0.2) is 124 Å². The van der Waals surface area contributed by atoms with E-state index in [1.807, 2.05) is 23.6 Å². The van der Waals surface area contributed by atoms with Gasteiger partial charge in [-0.2, -0.15) is 26.3 Å². The molecule has 28 heteroatoms. The number of ether oxygens (including phenoxy) is 4. The van der Waals surface area contributed by atoms with Crippen LogP contribution in [0.3, 0.4) is 0 Å². The number of benzene rings is 4. The molecule has 0 radical (unpaired) electrons. The van der Waals surface area contributed by atoms with Gasteiger partial charge in [-0.05, 0) is 97.4 Å². The van der Waals surface area contributed by atoms with E-state index in [-0.39, 0.29) is 116 Å². The van der Waals surface area contributed by atoms with Crippen LogP contribution >= 0.6 is 22.7 Å². The van der Waals surface area contributed by atoms with Gasteiger partial charge >= 0.3 is 24.3 Å². The van der Waals surface area contributed by atoms with Crippen LogP contribution < -0.4 is 38.5 Å². The van der Waals surface area contributed by atoms with Gasteiger partial charge in [-0.25, -0.2) is 18.8 Å². The normalized spacial score (nSPS) is 18.2. The standard InChI is InChI=1S/2C28H28F4N4O4S.2CH3.2W/c2*1-16-15-34(9-10-35(16)18-5-6-19(29)24(13-18)40-3)27-33-20-8-11-41-26(20)22(14-25(37)38)36(27)21-12-17(28(30,31)32)4-7-23(21)39-2;;;;/h2*4-8,11-13,16,22H,9-10,14-15H2,1-3H3,(H,37,38);2*1H3;;/q;;2*-1;;/t16-,22+;16-,22-;;;;/m11..../s1. The molecule has 0 bridgehead atoms. The first kappa shape index (κ1) is 70.1. The molecule has 16 nitrogen and oxygen atoms in total. The van der Waals surface area contributed by atoms with Crippen LogP contribution in [0.15, 0.2) is 106 Å². The van der Waals surface area contributed by atoms with Crippen LogP contribution in [0.4, 0.5) is 69.2 Å². The van der Waals surface area contributed by atoms with Gasteiger partial charge in [-0.3, -0.25) is 19.4 Å². The summed E-state index contributed by atoms with van der Waals surface area (Å²) in [5.74, 6) is -1.91. The molecule has 4 atom stereocenters. The third-order valence-corrected chi connectivity index (χ3v) is 16.5. The average Bonchev–Trinajstić information content (AvgIpc) is 1.52. The second-order valence-electron chi connectivity index (χ2n) is 19.5. The molecule has 6 aromatic rings. The summed E-state index contributed by atoms with van der Waals surface area (Å²) < 4.78 is 132. The van der Waals surface area contributed by atoms with Gasteiger partial charge in [0, 0.05) is 117 Å². The average molecular weight is 1580 g/mol. The summed E-state index contributed by atoms with van der Waals surface area (Å²) in [5, 5.41) is 23.2. The quantitative estimate of drug-likeness (QED) is 0.0881. The number of rotatable bonds is 12. The van der Waals surface area contributed by atoms with Gasteiger partial charge in [0.15, 0.2) is 23.1 Å². The van der Waals surface area contributed by atoms with E-state index in [4.69, 9.17) is 28.9 Å². The molecule has 0 amide bonds. The van der Waals surface area contributed by atoms with Crippen molar-refractivity contribution < 1.29 is 116 Å². The Morgan fingerprint density at radius 2 is 0.907 bits per heavy atom. The summed E-state index contributed by atoms with van der Waals surface area (Å²) >= 11 is 2.61. The molecule has 0 unspecified atom stereocenters. The number of guanidine groups is 2. The second-order valence-corrected chi connectivity index (χ2v) is 21.4. The van der Waals surface area contributed by atoms with Crippen LogP contribution in [0.1, 0.15) is 59.7 Å². The van der Waals surface area contributed by atoms with Crippen molar-refractivity contribution in [2.24, 2.45) is 9.98 Å². The SMILES string of the molecule is COc1cc(N2CCN(C3=Nc4ccsc4[C@@H](CC(=O)O)N3c3cc(C(F)(F)F)ccc3OC)C[C@H]2C)ccc1F.COc1cc(N2CCN(C3=Nc4ccsc4[C@H](CC(=O)O)N3c3cc(C(F)(F)F)ccc3OC)C[C@H]2C)ccc1F.[CH3-].[CH3-].[W].[W]. The molecule has 2 aromatic heterocycles. The van der Waals surface area contributed by atoms with E-state index in [2.05, 4.69) is 9.80 Å². The van der Waals surface area contributed by atoms with E-state index >= 15 is 0 Å². The number of piperazine rings is 2. The first-order valence-electron chi connectivity index (χ1n) is 25.6. The van der Waals surface area contributed by atoms with E-state index in [0.717, 1.165) is 35.6 Å². The third kappa shape index (κ3) is 14.7. The summed E-state index contributed by atoms with van der Waals surface area (Å²) in [4.78, 5) is 46.2. The van der Waals surface area contributed by atoms with Crippen molar-refractivity contribution in [2.45, 2.75) is 63.2 Å². The number of carboxylic acids is 2. The van der Waals surface area contributed by atoms with Gasteiger partial charge in [0.05, 0.1) is 97.0 Å². The number of thiophene rings is 2. The molecule has 0 aliphatic carbocycles. The number of anilines is 4. The molecule has 0 spiro atoms. The Kier molecular flexibility index (Phi) is 23.6. The molecule has 4 aromatic carbocycles. The van der Waals surface area contributed by atoms with E-state index in [1.54, 1.807) is 57.0 Å². The fourth-order valence-corrected chi connectivity index (χ4v) is 12.5. The number of halogens is 8. The van der Waals surface area contributed by atoms with Crippen LogP contribution in [0.2, 0.25) is 0 Å². The maximum absolute atomic E-state index is 14.0. The Balaban J connectivity index is 0.000000300. The number of methoxy groups -OCH3 is 4. The van der Waals surface area contributed by atoms with Crippen molar-refractivity contribution in [2.75, 3.05) is 87.3 Å². The predicted molar refractivity (Wildman–Crippen MR) is 309 cm³/mol. The van der Waals surface area contributed by atoms with Crippen LogP contribution in [0.25, 0.3) is 0 Å². The van der Waals surface area contributed by atoms with Crippen molar-refractivity contribution in [1.29, 1.82) is 0 Å². The zero-order chi connectivity index (χ0) is 58.9. The van der Waals surface area contributed by atoms with Crippen LogP contribution in [-0.2, 0) is 64.1 Å². The Morgan fingerprint density at radius 3 is 1.22 bits per heavy atom. The van der Waals surface area contributed by atoms with E-state index in [0.29, 0.717) is 72.3 Å². The molecular weight excluding hydrogens is 1520 g/mol. The predicted octanol–water partition coefficient (Wildman–Crippen LogP) is 13.2. The van der Waals surface area contributed by atoms with Crippen LogP contribution in [0.5, 0.6) is 23.0 Å². The molecule has 2 saturated heterocycles. The summed E-state index contributed by atoms with van der Waals surface area (Å²) in [7, 11) is 5.50. The minimum Gasteiger partial charge on any atom is -0.495 e. The zero-order valence-electron chi connectivity index (χ0n) is 47.8. The molecule has 4 aliphatic rings. The van der Waals surface area contributed by atoms with Crippen molar-refractivity contribution >= 4 is 80.7 Å². The van der Waals surface area contributed by atoms with Gasteiger partial charge in [0.25, 0.3) is 0 Å². The van der Waals surface area contributed by atoms with E-state index in [9.17, 15) is 54.9 Å². The Bertz CT molecular complexity index is 3190. The topological polar surface area (TPSA) is 156 Å². The van der Waals surface area contributed by atoms with Gasteiger partial charge in [0.2, 0.25) is 11.9 Å². The summed E-state index contributed by atoms with van der Waals surface area (Å²) in [6.45, 7) is 6.59. The Hall–Kier alpha value is -6.62. The maximum atomic E-state index is 14.0. The fourth-order valence-electron chi connectivity index (χ4n) is 10.7. The van der Waals surface area contributed by atoms with Gasteiger partial charge in [-0.15, -0.1) is 22.7 Å². The van der Waals surface area contributed by atoms with Crippen LogP contribution in [0, 0.1) is 26.5 Å². The Morgan fingerprint density at radius 1 is 0.547 bits per heavy atom. The monoisotopic (exact) mass is 1580 g/mol. The molecule has 6 heterocycles. The molecular formula is C58H62F8N8O8S2W2-2. The summed E-state index contributed by atoms with van der Waals surface area (Å²) in [6.07, 6.45) is -9.98. The first-order chi connectivity index (χ1) is 39.0. The maximum Gasteiger partial charge on any atom is 0.416 e. The van der Waals surface area contributed by atoms with Crippen molar-refractivity contribution in [3.63, 3.8) is 0 Å². The fraction of sp³-hybridized carbons (Fsp3) is 0.345. The zero-order valence-corrected chi connectivity index (χ0v) is 55.3. The molecule has 10 rings (SSSR count). The number of carbonyl (C=O) groups is 2. The molecule has 2 N–H and O–H groups in total. The number of hydrogen-bond acceptors (Lipinski definition) is 16. The number of aliphatic carboxylic acids is 2. The summed E-state index contributed by atoms with van der Waals surface area (Å²) in [6, 6.07) is 17.3. The molecule has 86 heavy (non-hydrogen) atoms. The van der Waals surface area contributed by atoms with E-state index in [1.165, 1.54) is 75.4 Å². The second kappa shape index (κ2) is 28.9. The molecule has 2 fully saturated rings. The molecule has 4 aliphatic heterocycles. The molecule has 464 valence electrons. The number of carboxylic acid groups (broad SMARTS) is 2. The van der Waals surface area contributed by atoms with Gasteiger partial charge < -0.3 is 63.6 Å². The smallest absolute Gasteiger partial charge is 0.416 e. The largest absolute Gasteiger partial charge is 0.495 e. The third-order valence-electron chi connectivity index (χ3n) is 14.5. The Labute approximate surface area is 529 Å². The minimum atomic E-state index is -4.62. The number of alkyl halides is 6. The number of fused-ring (bicyclic) bond motifs is 2. The van der Waals surface area contributed by atoms with E-state index < -0.39 is 59.1 Å².